The van der Waals surface area contributed by atoms with Gasteiger partial charge in [-0.25, -0.2) is 8.78 Å². The second-order valence-corrected chi connectivity index (χ2v) is 5.31. The average molecular weight is 300 g/mol. The van der Waals surface area contributed by atoms with E-state index in [0.717, 1.165) is 12.1 Å². The van der Waals surface area contributed by atoms with E-state index in [2.05, 4.69) is 0 Å². The Kier molecular flexibility index (Phi) is 3.89. The maximum atomic E-state index is 13.5. The molecule has 20 heavy (non-hydrogen) atoms. The second-order valence-electron chi connectivity index (χ2n) is 3.79. The van der Waals surface area contributed by atoms with Gasteiger partial charge in [0.05, 0.1) is 7.11 Å². The monoisotopic (exact) mass is 300 g/mol. The molecule has 0 N–H and O–H groups in total. The molecular formula is C13H10F2O4S. The largest absolute Gasteiger partial charge is 0.497 e. The minimum atomic E-state index is -4.46. The van der Waals surface area contributed by atoms with Crippen molar-refractivity contribution in [1.82, 2.24) is 0 Å². The van der Waals surface area contributed by atoms with Crippen LogP contribution in [0.25, 0.3) is 0 Å². The molecule has 0 saturated heterocycles. The molecule has 0 aliphatic carbocycles. The summed E-state index contributed by atoms with van der Waals surface area (Å²) in [5, 5.41) is 0. The van der Waals surface area contributed by atoms with Crippen molar-refractivity contribution in [3.63, 3.8) is 0 Å². The van der Waals surface area contributed by atoms with Crippen molar-refractivity contribution in [3.05, 3.63) is 54.1 Å². The molecule has 0 atom stereocenters. The molecule has 0 radical (unpaired) electrons. The van der Waals surface area contributed by atoms with Crippen molar-refractivity contribution in [1.29, 1.82) is 0 Å². The van der Waals surface area contributed by atoms with Crippen LogP contribution in [0.3, 0.4) is 0 Å². The van der Waals surface area contributed by atoms with Gasteiger partial charge in [0.25, 0.3) is 0 Å². The summed E-state index contributed by atoms with van der Waals surface area (Å²) in [5.74, 6) is -1.65. The Bertz CT molecular complexity index is 729. The van der Waals surface area contributed by atoms with Crippen LogP contribution in [-0.4, -0.2) is 15.5 Å². The lowest BCUT2D eigenvalue weighted by Gasteiger charge is -2.08. The van der Waals surface area contributed by atoms with Gasteiger partial charge in [-0.05, 0) is 30.3 Å². The molecule has 0 amide bonds. The lowest BCUT2D eigenvalue weighted by molar-refractivity contribution is 0.411. The Morgan fingerprint density at radius 1 is 1.00 bits per heavy atom. The maximum absolute atomic E-state index is 13.5. The van der Waals surface area contributed by atoms with Gasteiger partial charge in [-0.15, -0.1) is 0 Å². The van der Waals surface area contributed by atoms with Gasteiger partial charge in [-0.1, -0.05) is 6.07 Å². The Labute approximate surface area is 114 Å². The zero-order valence-corrected chi connectivity index (χ0v) is 11.2. The fourth-order valence-corrected chi connectivity index (χ4v) is 2.50. The van der Waals surface area contributed by atoms with Crippen LogP contribution in [0.4, 0.5) is 8.78 Å². The first kappa shape index (κ1) is 14.3. The summed E-state index contributed by atoms with van der Waals surface area (Å²) in [5.41, 5.74) is 0. The number of hydrogen-bond donors (Lipinski definition) is 0. The topological polar surface area (TPSA) is 52.6 Å². The molecule has 2 aromatic rings. The van der Waals surface area contributed by atoms with Crippen LogP contribution in [-0.2, 0) is 10.1 Å². The third kappa shape index (κ3) is 3.05. The molecule has 0 saturated carbocycles. The molecule has 106 valence electrons. The summed E-state index contributed by atoms with van der Waals surface area (Å²) in [4.78, 5) is -0.861. The molecule has 0 aliphatic rings. The molecule has 0 aromatic heterocycles. The van der Waals surface area contributed by atoms with Crippen molar-refractivity contribution in [3.8, 4) is 11.5 Å². The molecule has 0 fully saturated rings. The molecule has 0 spiro atoms. The smallest absolute Gasteiger partial charge is 0.342 e. The Hall–Kier alpha value is -2.15. The number of halogens is 2. The fourth-order valence-electron chi connectivity index (χ4n) is 1.49. The average Bonchev–Trinajstić information content (AvgIpc) is 2.41. The fraction of sp³-hybridized carbons (Fsp3) is 0.0769. The summed E-state index contributed by atoms with van der Waals surface area (Å²) in [7, 11) is -3.06. The van der Waals surface area contributed by atoms with E-state index in [1.54, 1.807) is 6.07 Å². The molecule has 0 bridgehead atoms. The number of hydrogen-bond acceptors (Lipinski definition) is 4. The van der Waals surface area contributed by atoms with Crippen LogP contribution >= 0.6 is 0 Å². The standard InChI is InChI=1S/C13H10F2O4S/c1-18-10-3-2-4-11(8-10)19-20(16,17)13-7-9(14)5-6-12(13)15/h2-8H,1H3. The Morgan fingerprint density at radius 2 is 1.70 bits per heavy atom. The summed E-state index contributed by atoms with van der Waals surface area (Å²) in [6.07, 6.45) is 0. The zero-order chi connectivity index (χ0) is 14.8. The van der Waals surface area contributed by atoms with Gasteiger partial charge in [0, 0.05) is 6.07 Å². The van der Waals surface area contributed by atoms with E-state index in [4.69, 9.17) is 8.92 Å². The minimum Gasteiger partial charge on any atom is -0.497 e. The van der Waals surface area contributed by atoms with Gasteiger partial charge >= 0.3 is 10.1 Å². The normalized spacial score (nSPS) is 11.2. The SMILES string of the molecule is COc1cccc(OS(=O)(=O)c2cc(F)ccc2F)c1. The van der Waals surface area contributed by atoms with Gasteiger partial charge in [-0.2, -0.15) is 8.42 Å². The second kappa shape index (κ2) is 5.46. The highest BCUT2D eigenvalue weighted by Gasteiger charge is 2.22. The van der Waals surface area contributed by atoms with Crippen LogP contribution < -0.4 is 8.92 Å². The first-order valence-corrected chi connectivity index (χ1v) is 6.87. The van der Waals surface area contributed by atoms with Gasteiger partial charge in [-0.3, -0.25) is 0 Å². The van der Waals surface area contributed by atoms with Crippen LogP contribution in [0.5, 0.6) is 11.5 Å². The first-order chi connectivity index (χ1) is 9.42. The van der Waals surface area contributed by atoms with Crippen molar-refractivity contribution < 1.29 is 26.1 Å². The van der Waals surface area contributed by atoms with Crippen molar-refractivity contribution >= 4 is 10.1 Å². The van der Waals surface area contributed by atoms with E-state index < -0.39 is 26.6 Å². The predicted molar refractivity (Wildman–Crippen MR) is 67.2 cm³/mol. The molecular weight excluding hydrogens is 290 g/mol. The molecule has 2 aromatic carbocycles. The van der Waals surface area contributed by atoms with Gasteiger partial charge in [0.15, 0.2) is 0 Å². The summed E-state index contributed by atoms with van der Waals surface area (Å²) < 4.78 is 60.0. The van der Waals surface area contributed by atoms with E-state index in [-0.39, 0.29) is 5.75 Å². The summed E-state index contributed by atoms with van der Waals surface area (Å²) in [6.45, 7) is 0. The number of methoxy groups -OCH3 is 1. The molecule has 0 unspecified atom stereocenters. The third-order valence-electron chi connectivity index (χ3n) is 2.41. The molecule has 0 heterocycles. The van der Waals surface area contributed by atoms with Crippen molar-refractivity contribution in [2.24, 2.45) is 0 Å². The number of benzene rings is 2. The molecule has 2 rings (SSSR count). The van der Waals surface area contributed by atoms with E-state index in [1.165, 1.54) is 25.3 Å². The van der Waals surface area contributed by atoms with Crippen LogP contribution in [0.15, 0.2) is 47.4 Å². The minimum absolute atomic E-state index is 0.0620. The number of rotatable bonds is 4. The number of ether oxygens (including phenoxy) is 1. The van der Waals surface area contributed by atoms with Crippen molar-refractivity contribution in [2.75, 3.05) is 7.11 Å². The highest BCUT2D eigenvalue weighted by Crippen LogP contribution is 2.24. The van der Waals surface area contributed by atoms with Crippen LogP contribution in [0, 0.1) is 11.6 Å². The third-order valence-corrected chi connectivity index (χ3v) is 3.67. The summed E-state index contributed by atoms with van der Waals surface area (Å²) in [6, 6.07) is 7.86. The Balaban J connectivity index is 2.38. The first-order valence-electron chi connectivity index (χ1n) is 5.46. The maximum Gasteiger partial charge on any atom is 0.342 e. The van der Waals surface area contributed by atoms with Gasteiger partial charge in [0.1, 0.15) is 28.0 Å². The van der Waals surface area contributed by atoms with Gasteiger partial charge < -0.3 is 8.92 Å². The van der Waals surface area contributed by atoms with E-state index in [1.807, 2.05) is 0 Å². The van der Waals surface area contributed by atoms with E-state index in [0.29, 0.717) is 11.8 Å². The highest BCUT2D eigenvalue weighted by molar-refractivity contribution is 7.87. The summed E-state index contributed by atoms with van der Waals surface area (Å²) >= 11 is 0. The van der Waals surface area contributed by atoms with Crippen LogP contribution in [0.1, 0.15) is 0 Å². The highest BCUT2D eigenvalue weighted by atomic mass is 32.2. The zero-order valence-electron chi connectivity index (χ0n) is 10.3. The lowest BCUT2D eigenvalue weighted by atomic mass is 10.3. The van der Waals surface area contributed by atoms with Crippen LogP contribution in [0.2, 0.25) is 0 Å². The predicted octanol–water partition coefficient (Wildman–Crippen LogP) is 2.74. The lowest BCUT2D eigenvalue weighted by Crippen LogP contribution is -2.12. The van der Waals surface area contributed by atoms with Crippen molar-refractivity contribution in [2.45, 2.75) is 4.90 Å². The van der Waals surface area contributed by atoms with E-state index in [9.17, 15) is 17.2 Å². The molecule has 7 heteroatoms. The molecule has 0 aliphatic heterocycles. The van der Waals surface area contributed by atoms with E-state index >= 15 is 0 Å². The van der Waals surface area contributed by atoms with Gasteiger partial charge in [0.2, 0.25) is 0 Å². The molecule has 4 nitrogen and oxygen atoms in total. The Morgan fingerprint density at radius 3 is 2.40 bits per heavy atom. The quantitative estimate of drug-likeness (QED) is 0.815.